The summed E-state index contributed by atoms with van der Waals surface area (Å²) in [5.74, 6) is -0.261. The number of rotatable bonds is 6. The summed E-state index contributed by atoms with van der Waals surface area (Å²) in [6, 6.07) is 16.6. The van der Waals surface area contributed by atoms with Crippen molar-refractivity contribution in [3.63, 3.8) is 0 Å². The highest BCUT2D eigenvalue weighted by Gasteiger charge is 2.31. The van der Waals surface area contributed by atoms with E-state index in [4.69, 9.17) is 0 Å². The van der Waals surface area contributed by atoms with Gasteiger partial charge in [-0.05, 0) is 54.7 Å². The Morgan fingerprint density at radius 3 is 2.73 bits per heavy atom. The molecule has 190 valence electrons. The van der Waals surface area contributed by atoms with Gasteiger partial charge in [-0.2, -0.15) is 13.2 Å². The molecule has 1 N–H and O–H groups in total. The van der Waals surface area contributed by atoms with Crippen molar-refractivity contribution in [1.29, 1.82) is 0 Å². The lowest BCUT2D eigenvalue weighted by Gasteiger charge is -2.26. The van der Waals surface area contributed by atoms with Crippen molar-refractivity contribution >= 4 is 34.4 Å². The molecule has 37 heavy (non-hydrogen) atoms. The molecule has 3 aromatic carbocycles. The van der Waals surface area contributed by atoms with Crippen LogP contribution >= 0.6 is 11.8 Å². The Bertz CT molecular complexity index is 1500. The lowest BCUT2D eigenvalue weighted by molar-refractivity contribution is -0.384. The molecule has 0 spiro atoms. The van der Waals surface area contributed by atoms with E-state index in [2.05, 4.69) is 16.4 Å². The van der Waals surface area contributed by atoms with Gasteiger partial charge in [0.1, 0.15) is 0 Å². The Balaban J connectivity index is 1.45. The third-order valence-corrected chi connectivity index (χ3v) is 7.23. The molecule has 1 aliphatic carbocycles. The average molecular weight is 527 g/mol. The lowest BCUT2D eigenvalue weighted by atomic mass is 9.88. The van der Waals surface area contributed by atoms with E-state index < -0.39 is 16.7 Å². The van der Waals surface area contributed by atoms with Gasteiger partial charge in [0.05, 0.1) is 33.3 Å². The molecule has 0 fully saturated rings. The third-order valence-electron chi connectivity index (χ3n) is 6.29. The molecule has 0 aliphatic heterocycles. The first-order valence-corrected chi connectivity index (χ1v) is 12.5. The molecule has 0 bridgehead atoms. The minimum atomic E-state index is -4.55. The highest BCUT2D eigenvalue weighted by Crippen LogP contribution is 2.35. The van der Waals surface area contributed by atoms with Crippen molar-refractivity contribution in [2.75, 3.05) is 5.75 Å². The van der Waals surface area contributed by atoms with Gasteiger partial charge < -0.3 is 5.32 Å². The third kappa shape index (κ3) is 5.17. The molecular formula is C26H21F3N4O3S. The summed E-state index contributed by atoms with van der Waals surface area (Å²) in [5, 5.41) is 14.6. The average Bonchev–Trinajstić information content (AvgIpc) is 3.25. The Labute approximate surface area is 213 Å². The number of thioether (sulfide) groups is 1. The molecule has 0 saturated heterocycles. The van der Waals surface area contributed by atoms with Crippen LogP contribution in [0.4, 0.5) is 18.9 Å². The van der Waals surface area contributed by atoms with Crippen molar-refractivity contribution in [3.05, 3.63) is 93.5 Å². The summed E-state index contributed by atoms with van der Waals surface area (Å²) in [6.07, 6.45) is -1.81. The van der Waals surface area contributed by atoms with E-state index in [1.165, 1.54) is 40.5 Å². The number of nitrogens with one attached hydrogen (secondary N) is 1. The van der Waals surface area contributed by atoms with Gasteiger partial charge in [0.25, 0.3) is 5.69 Å². The molecule has 1 atom stereocenters. The molecule has 5 rings (SSSR count). The number of benzene rings is 3. The lowest BCUT2D eigenvalue weighted by Crippen LogP contribution is -2.32. The predicted molar refractivity (Wildman–Crippen MR) is 134 cm³/mol. The molecule has 0 radical (unpaired) electrons. The number of amides is 1. The van der Waals surface area contributed by atoms with E-state index in [1.807, 2.05) is 18.2 Å². The molecule has 1 amide bonds. The summed E-state index contributed by atoms with van der Waals surface area (Å²) in [4.78, 5) is 28.0. The maximum Gasteiger partial charge on any atom is 0.416 e. The van der Waals surface area contributed by atoms with Crippen LogP contribution in [0.1, 0.15) is 35.6 Å². The first kappa shape index (κ1) is 24.8. The van der Waals surface area contributed by atoms with E-state index in [0.29, 0.717) is 5.52 Å². The molecule has 1 aliphatic rings. The molecular weight excluding hydrogens is 505 g/mol. The second-order valence-electron chi connectivity index (χ2n) is 8.71. The first-order chi connectivity index (χ1) is 17.7. The summed E-state index contributed by atoms with van der Waals surface area (Å²) >= 11 is 1.06. The van der Waals surface area contributed by atoms with E-state index in [0.717, 1.165) is 48.7 Å². The molecule has 0 unspecified atom stereocenters. The number of carbonyl (C=O) groups is 1. The minimum absolute atomic E-state index is 0.0248. The van der Waals surface area contributed by atoms with Crippen LogP contribution in [0.5, 0.6) is 0 Å². The van der Waals surface area contributed by atoms with Gasteiger partial charge in [0.2, 0.25) is 5.91 Å². The van der Waals surface area contributed by atoms with Crippen molar-refractivity contribution < 1.29 is 22.9 Å². The van der Waals surface area contributed by atoms with Crippen LogP contribution in [0, 0.1) is 10.1 Å². The fourth-order valence-corrected chi connectivity index (χ4v) is 5.44. The maximum atomic E-state index is 13.4. The van der Waals surface area contributed by atoms with Crippen molar-refractivity contribution in [2.24, 2.45) is 0 Å². The molecule has 11 heteroatoms. The SMILES string of the molecule is O=C(CSc1nc2cc([N+](=O)[O-])ccc2n1-c1cccc(C(F)(F)F)c1)N[C@H]1CCCc2ccccc21. The van der Waals surface area contributed by atoms with Crippen molar-refractivity contribution in [1.82, 2.24) is 14.9 Å². The number of alkyl halides is 3. The number of hydrogen-bond acceptors (Lipinski definition) is 5. The largest absolute Gasteiger partial charge is 0.416 e. The molecule has 0 saturated carbocycles. The number of fused-ring (bicyclic) bond motifs is 2. The van der Waals surface area contributed by atoms with Crippen LogP contribution in [0.3, 0.4) is 0 Å². The topological polar surface area (TPSA) is 90.1 Å². The van der Waals surface area contributed by atoms with E-state index >= 15 is 0 Å². The highest BCUT2D eigenvalue weighted by molar-refractivity contribution is 7.99. The van der Waals surface area contributed by atoms with Crippen LogP contribution in [0.2, 0.25) is 0 Å². The normalized spacial score (nSPS) is 15.4. The summed E-state index contributed by atoms with van der Waals surface area (Å²) in [5.41, 5.74) is 2.11. The van der Waals surface area contributed by atoms with Gasteiger partial charge in [0.15, 0.2) is 5.16 Å². The maximum absolute atomic E-state index is 13.4. The number of hydrogen-bond donors (Lipinski definition) is 1. The number of imidazole rings is 1. The number of nitrogens with zero attached hydrogens (tertiary/aromatic N) is 3. The summed E-state index contributed by atoms with van der Waals surface area (Å²) in [6.45, 7) is 0. The van der Waals surface area contributed by atoms with Crippen LogP contribution in [0.15, 0.2) is 71.9 Å². The van der Waals surface area contributed by atoms with Gasteiger partial charge in [-0.25, -0.2) is 4.98 Å². The van der Waals surface area contributed by atoms with Gasteiger partial charge in [-0.3, -0.25) is 19.5 Å². The molecule has 4 aromatic rings. The second kappa shape index (κ2) is 9.89. The van der Waals surface area contributed by atoms with E-state index in [1.54, 1.807) is 0 Å². The summed E-state index contributed by atoms with van der Waals surface area (Å²) < 4.78 is 41.7. The predicted octanol–water partition coefficient (Wildman–Crippen LogP) is 6.24. The van der Waals surface area contributed by atoms with Crippen molar-refractivity contribution in [3.8, 4) is 5.69 Å². The van der Waals surface area contributed by atoms with Crippen LogP contribution in [0.25, 0.3) is 16.7 Å². The number of non-ortho nitro benzene ring substituents is 1. The smallest absolute Gasteiger partial charge is 0.349 e. The van der Waals surface area contributed by atoms with E-state index in [9.17, 15) is 28.1 Å². The number of nitro groups is 1. The first-order valence-electron chi connectivity index (χ1n) is 11.6. The zero-order chi connectivity index (χ0) is 26.2. The van der Waals surface area contributed by atoms with Crippen LogP contribution < -0.4 is 5.32 Å². The Hall–Kier alpha value is -3.86. The van der Waals surface area contributed by atoms with E-state index in [-0.39, 0.29) is 39.7 Å². The Morgan fingerprint density at radius 2 is 1.95 bits per heavy atom. The zero-order valence-electron chi connectivity index (χ0n) is 19.4. The molecule has 7 nitrogen and oxygen atoms in total. The van der Waals surface area contributed by atoms with Gasteiger partial charge >= 0.3 is 6.18 Å². The van der Waals surface area contributed by atoms with Crippen LogP contribution in [-0.2, 0) is 17.4 Å². The monoisotopic (exact) mass is 526 g/mol. The zero-order valence-corrected chi connectivity index (χ0v) is 20.2. The van der Waals surface area contributed by atoms with Crippen molar-refractivity contribution in [2.45, 2.75) is 36.6 Å². The standard InChI is InChI=1S/C26H21F3N4O3S/c27-26(28,29)17-7-4-8-18(13-17)32-23-12-11-19(33(35)36)14-22(23)31-25(32)37-15-24(34)30-21-10-3-6-16-5-1-2-9-20(16)21/h1-2,4-5,7-9,11-14,21H,3,6,10,15H2,(H,30,34)/t21-/m0/s1. The van der Waals surface area contributed by atoms with Gasteiger partial charge in [-0.1, -0.05) is 42.1 Å². The fraction of sp³-hybridized carbons (Fsp3) is 0.231. The van der Waals surface area contributed by atoms with Gasteiger partial charge in [-0.15, -0.1) is 0 Å². The number of aryl methyl sites for hydroxylation is 1. The second-order valence-corrected chi connectivity index (χ2v) is 9.65. The Morgan fingerprint density at radius 1 is 1.14 bits per heavy atom. The summed E-state index contributed by atoms with van der Waals surface area (Å²) in [7, 11) is 0. The highest BCUT2D eigenvalue weighted by atomic mass is 32.2. The Kier molecular flexibility index (Phi) is 6.63. The number of aromatic nitrogens is 2. The van der Waals surface area contributed by atoms with Crippen LogP contribution in [-0.4, -0.2) is 26.1 Å². The fourth-order valence-electron chi connectivity index (χ4n) is 4.60. The molecule has 1 aromatic heterocycles. The number of halogens is 3. The molecule has 1 heterocycles. The minimum Gasteiger partial charge on any atom is -0.349 e. The quantitative estimate of drug-likeness (QED) is 0.183. The number of nitro benzene ring substituents is 1. The number of carbonyl (C=O) groups excluding carboxylic acids is 1. The van der Waals surface area contributed by atoms with Gasteiger partial charge in [0, 0.05) is 17.8 Å².